The summed E-state index contributed by atoms with van der Waals surface area (Å²) in [6.07, 6.45) is 2.05. The Labute approximate surface area is 90.2 Å². The van der Waals surface area contributed by atoms with E-state index in [1.54, 1.807) is 29.2 Å². The molecule has 0 aliphatic heterocycles. The fraction of sp³-hybridized carbons (Fsp3) is 0.111. The van der Waals surface area contributed by atoms with Gasteiger partial charge in [0.05, 0.1) is 4.21 Å². The molecule has 2 aromatic rings. The second-order valence-corrected chi connectivity index (χ2v) is 5.32. The summed E-state index contributed by atoms with van der Waals surface area (Å²) in [4.78, 5) is 0.641. The Bertz CT molecular complexity index is 408. The summed E-state index contributed by atoms with van der Waals surface area (Å²) in [6, 6.07) is 5.74. The summed E-state index contributed by atoms with van der Waals surface area (Å²) in [5.74, 6) is 0.251. The van der Waals surface area contributed by atoms with Crippen LogP contribution in [-0.2, 0) is 0 Å². The lowest BCUT2D eigenvalue weighted by atomic mass is 10.2. The standard InChI is InChI=1S/C9H8OS3/c1-12-9-3-5-2-6(10)7(11)4-8(5)13-9/h2-4,10-11H,1H3. The van der Waals surface area contributed by atoms with Gasteiger partial charge in [0, 0.05) is 9.60 Å². The lowest BCUT2D eigenvalue weighted by Crippen LogP contribution is -1.68. The van der Waals surface area contributed by atoms with E-state index >= 15 is 0 Å². The molecule has 0 aliphatic carbocycles. The fourth-order valence-electron chi connectivity index (χ4n) is 1.14. The number of rotatable bonds is 1. The minimum absolute atomic E-state index is 0.251. The molecule has 0 saturated heterocycles. The molecule has 0 atom stereocenters. The van der Waals surface area contributed by atoms with Crippen LogP contribution in [0.15, 0.2) is 27.3 Å². The molecule has 0 fully saturated rings. The molecule has 1 N–H and O–H groups in total. The zero-order valence-electron chi connectivity index (χ0n) is 6.94. The third-order valence-electron chi connectivity index (χ3n) is 1.79. The molecule has 1 aromatic carbocycles. The smallest absolute Gasteiger partial charge is 0.129 e. The Morgan fingerprint density at radius 2 is 2.15 bits per heavy atom. The van der Waals surface area contributed by atoms with Gasteiger partial charge in [0.2, 0.25) is 0 Å². The van der Waals surface area contributed by atoms with E-state index in [1.165, 1.54) is 8.91 Å². The van der Waals surface area contributed by atoms with Gasteiger partial charge in [0.25, 0.3) is 0 Å². The van der Waals surface area contributed by atoms with E-state index in [0.717, 1.165) is 5.39 Å². The molecule has 0 aliphatic rings. The lowest BCUT2D eigenvalue weighted by Gasteiger charge is -1.95. The average Bonchev–Trinajstić information content (AvgIpc) is 2.48. The minimum Gasteiger partial charge on any atom is -0.507 e. The van der Waals surface area contributed by atoms with Crippen molar-refractivity contribution in [3.63, 3.8) is 0 Å². The molecule has 13 heavy (non-hydrogen) atoms. The molecule has 2 rings (SSSR count). The van der Waals surface area contributed by atoms with Gasteiger partial charge in [-0.1, -0.05) is 0 Å². The van der Waals surface area contributed by atoms with Crippen LogP contribution in [0.5, 0.6) is 5.75 Å². The number of hydrogen-bond donors (Lipinski definition) is 2. The van der Waals surface area contributed by atoms with Gasteiger partial charge in [-0.2, -0.15) is 0 Å². The van der Waals surface area contributed by atoms with Crippen molar-refractivity contribution in [2.45, 2.75) is 9.10 Å². The summed E-state index contributed by atoms with van der Waals surface area (Å²) in [5.41, 5.74) is 0. The van der Waals surface area contributed by atoms with Crippen molar-refractivity contribution in [1.82, 2.24) is 0 Å². The summed E-state index contributed by atoms with van der Waals surface area (Å²) in [7, 11) is 0. The van der Waals surface area contributed by atoms with Gasteiger partial charge in [-0.05, 0) is 29.8 Å². The number of thiophene rings is 1. The van der Waals surface area contributed by atoms with Crippen LogP contribution in [0, 0.1) is 0 Å². The van der Waals surface area contributed by atoms with Gasteiger partial charge in [-0.3, -0.25) is 0 Å². The second kappa shape index (κ2) is 3.44. The third-order valence-corrected chi connectivity index (χ3v) is 4.31. The van der Waals surface area contributed by atoms with Gasteiger partial charge in [-0.25, -0.2) is 0 Å². The molecule has 1 nitrogen and oxygen atoms in total. The van der Waals surface area contributed by atoms with Crippen LogP contribution in [0.3, 0.4) is 0 Å². The first-order valence-electron chi connectivity index (χ1n) is 3.70. The van der Waals surface area contributed by atoms with Gasteiger partial charge >= 0.3 is 0 Å². The molecule has 0 saturated carbocycles. The number of thiol groups is 1. The molecule has 4 heteroatoms. The summed E-state index contributed by atoms with van der Waals surface area (Å²) in [6.45, 7) is 0. The lowest BCUT2D eigenvalue weighted by molar-refractivity contribution is 0.464. The van der Waals surface area contributed by atoms with Crippen molar-refractivity contribution in [1.29, 1.82) is 0 Å². The highest BCUT2D eigenvalue weighted by atomic mass is 32.2. The Kier molecular flexibility index (Phi) is 2.45. The molecule has 0 radical (unpaired) electrons. The zero-order chi connectivity index (χ0) is 9.42. The summed E-state index contributed by atoms with van der Waals surface area (Å²) >= 11 is 7.60. The van der Waals surface area contributed by atoms with Gasteiger partial charge in [0.1, 0.15) is 5.75 Å². The summed E-state index contributed by atoms with van der Waals surface area (Å²) in [5, 5.41) is 10.5. The number of phenols is 1. The molecular formula is C9H8OS3. The van der Waals surface area contributed by atoms with Crippen molar-refractivity contribution in [3.8, 4) is 5.75 Å². The SMILES string of the molecule is CSc1cc2cc(O)c(S)cc2s1. The van der Waals surface area contributed by atoms with E-state index in [0.29, 0.717) is 4.90 Å². The van der Waals surface area contributed by atoms with E-state index in [9.17, 15) is 5.11 Å². The quantitative estimate of drug-likeness (QED) is 0.574. The first kappa shape index (κ1) is 9.24. The Balaban J connectivity index is 2.70. The van der Waals surface area contributed by atoms with Crippen LogP contribution in [0.25, 0.3) is 10.1 Å². The Morgan fingerprint density at radius 3 is 2.85 bits per heavy atom. The second-order valence-electron chi connectivity index (χ2n) is 2.65. The number of phenolic OH excluding ortho intramolecular Hbond substituents is 1. The van der Waals surface area contributed by atoms with Crippen LogP contribution in [0.4, 0.5) is 0 Å². The molecule has 0 spiro atoms. The van der Waals surface area contributed by atoms with Crippen molar-refractivity contribution < 1.29 is 5.11 Å². The van der Waals surface area contributed by atoms with Crippen molar-refractivity contribution in [2.75, 3.05) is 6.26 Å². The highest BCUT2D eigenvalue weighted by Crippen LogP contribution is 2.36. The molecular weight excluding hydrogens is 220 g/mol. The topological polar surface area (TPSA) is 20.2 Å². The number of aromatic hydroxyl groups is 1. The van der Waals surface area contributed by atoms with Crippen LogP contribution in [-0.4, -0.2) is 11.4 Å². The number of hydrogen-bond acceptors (Lipinski definition) is 4. The Morgan fingerprint density at radius 1 is 1.38 bits per heavy atom. The van der Waals surface area contributed by atoms with Gasteiger partial charge in [0.15, 0.2) is 0 Å². The zero-order valence-corrected chi connectivity index (χ0v) is 9.47. The van der Waals surface area contributed by atoms with E-state index < -0.39 is 0 Å². The van der Waals surface area contributed by atoms with Crippen LogP contribution in [0.2, 0.25) is 0 Å². The van der Waals surface area contributed by atoms with Crippen LogP contribution in [0.1, 0.15) is 0 Å². The van der Waals surface area contributed by atoms with Crippen molar-refractivity contribution in [2.24, 2.45) is 0 Å². The average molecular weight is 228 g/mol. The first-order valence-corrected chi connectivity index (χ1v) is 6.19. The molecule has 1 heterocycles. The molecule has 0 unspecified atom stereocenters. The van der Waals surface area contributed by atoms with E-state index in [4.69, 9.17) is 0 Å². The maximum Gasteiger partial charge on any atom is 0.129 e. The molecule has 68 valence electrons. The highest BCUT2D eigenvalue weighted by Gasteiger charge is 2.04. The van der Waals surface area contributed by atoms with Gasteiger partial charge in [-0.15, -0.1) is 35.7 Å². The van der Waals surface area contributed by atoms with Crippen LogP contribution >= 0.6 is 35.7 Å². The Hall–Kier alpha value is -0.320. The maximum atomic E-state index is 9.42. The number of thioether (sulfide) groups is 1. The van der Waals surface area contributed by atoms with Crippen LogP contribution < -0.4 is 0 Å². The predicted octanol–water partition coefficient (Wildman–Crippen LogP) is 3.62. The maximum absolute atomic E-state index is 9.42. The van der Waals surface area contributed by atoms with E-state index in [2.05, 4.69) is 18.7 Å². The van der Waals surface area contributed by atoms with Gasteiger partial charge < -0.3 is 5.11 Å². The summed E-state index contributed by atoms with van der Waals surface area (Å²) < 4.78 is 2.43. The normalized spacial score (nSPS) is 10.9. The first-order chi connectivity index (χ1) is 6.20. The number of fused-ring (bicyclic) bond motifs is 1. The molecule has 0 bridgehead atoms. The third kappa shape index (κ3) is 1.66. The van der Waals surface area contributed by atoms with Crippen molar-refractivity contribution >= 4 is 45.8 Å². The monoisotopic (exact) mass is 228 g/mol. The van der Waals surface area contributed by atoms with E-state index in [-0.39, 0.29) is 5.75 Å². The number of benzene rings is 1. The largest absolute Gasteiger partial charge is 0.507 e. The highest BCUT2D eigenvalue weighted by molar-refractivity contribution is 8.00. The van der Waals surface area contributed by atoms with Crippen molar-refractivity contribution in [3.05, 3.63) is 18.2 Å². The molecule has 1 aromatic heterocycles. The minimum atomic E-state index is 0.251. The predicted molar refractivity (Wildman–Crippen MR) is 62.5 cm³/mol. The fourth-order valence-corrected chi connectivity index (χ4v) is 3.08. The molecule has 0 amide bonds. The van der Waals surface area contributed by atoms with E-state index in [1.807, 2.05) is 12.3 Å².